The fourth-order valence-electron chi connectivity index (χ4n) is 3.30. The highest BCUT2D eigenvalue weighted by molar-refractivity contribution is 5.46. The average molecular weight is 337 g/mol. The molecule has 7 heteroatoms. The van der Waals surface area contributed by atoms with Crippen molar-refractivity contribution >= 4 is 17.4 Å². The Bertz CT molecular complexity index is 886. The van der Waals surface area contributed by atoms with Gasteiger partial charge in [0.05, 0.1) is 23.6 Å². The number of aromatic nitrogens is 4. The zero-order valence-electron chi connectivity index (χ0n) is 14.6. The molecule has 1 saturated heterocycles. The van der Waals surface area contributed by atoms with Gasteiger partial charge in [-0.25, -0.2) is 9.97 Å². The van der Waals surface area contributed by atoms with Crippen LogP contribution in [0.1, 0.15) is 37.2 Å². The Kier molecular flexibility index (Phi) is 4.01. The summed E-state index contributed by atoms with van der Waals surface area (Å²) in [4.78, 5) is 15.6. The van der Waals surface area contributed by atoms with Crippen molar-refractivity contribution in [1.29, 1.82) is 0 Å². The fraction of sp³-hybridized carbons (Fsp3) is 0.389. The molecule has 0 amide bonds. The molecular formula is C18H23N7. The summed E-state index contributed by atoms with van der Waals surface area (Å²) in [6.07, 6.45) is 4.00. The zero-order valence-corrected chi connectivity index (χ0v) is 14.6. The molecule has 3 aromatic heterocycles. The number of pyridine rings is 1. The summed E-state index contributed by atoms with van der Waals surface area (Å²) in [5, 5.41) is 3.59. The standard InChI is InChI=1S/C18H23N7/c1-12(2)13-9-17(23-18(19)22-13)24-8-6-20-14(11-24)15-10-21-16-5-3-4-7-25(15)16/h3-5,7,9-10,12,14,20H,6,8,11H2,1-2H3,(H2,19,22,23). The number of hydrogen-bond acceptors (Lipinski definition) is 6. The van der Waals surface area contributed by atoms with Crippen molar-refractivity contribution < 1.29 is 0 Å². The van der Waals surface area contributed by atoms with Crippen LogP contribution in [-0.4, -0.2) is 39.0 Å². The number of anilines is 2. The average Bonchev–Trinajstić information content (AvgIpc) is 3.05. The summed E-state index contributed by atoms with van der Waals surface area (Å²) in [5.74, 6) is 1.56. The molecule has 1 atom stereocenters. The molecule has 1 unspecified atom stereocenters. The lowest BCUT2D eigenvalue weighted by atomic mass is 10.1. The lowest BCUT2D eigenvalue weighted by Crippen LogP contribution is -2.46. The van der Waals surface area contributed by atoms with E-state index in [1.807, 2.05) is 24.4 Å². The number of piperazine rings is 1. The van der Waals surface area contributed by atoms with Gasteiger partial charge in [-0.05, 0) is 18.1 Å². The highest BCUT2D eigenvalue weighted by Gasteiger charge is 2.25. The Morgan fingerprint density at radius 3 is 3.00 bits per heavy atom. The van der Waals surface area contributed by atoms with Crippen LogP contribution < -0.4 is 16.0 Å². The third kappa shape index (κ3) is 3.02. The molecule has 3 N–H and O–H groups in total. The predicted octanol–water partition coefficient (Wildman–Crippen LogP) is 1.98. The second-order valence-corrected chi connectivity index (χ2v) is 6.73. The number of nitrogen functional groups attached to an aromatic ring is 1. The van der Waals surface area contributed by atoms with Crippen LogP contribution in [0.4, 0.5) is 11.8 Å². The second kappa shape index (κ2) is 6.33. The molecule has 25 heavy (non-hydrogen) atoms. The number of hydrogen-bond donors (Lipinski definition) is 2. The summed E-state index contributed by atoms with van der Waals surface area (Å²) < 4.78 is 2.13. The van der Waals surface area contributed by atoms with Gasteiger partial charge in [-0.3, -0.25) is 0 Å². The number of imidazole rings is 1. The first-order chi connectivity index (χ1) is 12.1. The van der Waals surface area contributed by atoms with Gasteiger partial charge in [0.1, 0.15) is 11.5 Å². The summed E-state index contributed by atoms with van der Waals surface area (Å²) in [6, 6.07) is 8.29. The summed E-state index contributed by atoms with van der Waals surface area (Å²) in [7, 11) is 0. The minimum atomic E-state index is 0.185. The zero-order chi connectivity index (χ0) is 17.4. The quantitative estimate of drug-likeness (QED) is 0.760. The Hall–Kier alpha value is -2.67. The van der Waals surface area contributed by atoms with E-state index in [-0.39, 0.29) is 6.04 Å². The third-order valence-corrected chi connectivity index (χ3v) is 4.64. The second-order valence-electron chi connectivity index (χ2n) is 6.73. The predicted molar refractivity (Wildman–Crippen MR) is 98.7 cm³/mol. The summed E-state index contributed by atoms with van der Waals surface area (Å²) in [5.41, 5.74) is 9.03. The van der Waals surface area contributed by atoms with Gasteiger partial charge in [-0.15, -0.1) is 0 Å². The van der Waals surface area contributed by atoms with Gasteiger partial charge in [0.25, 0.3) is 0 Å². The fourth-order valence-corrected chi connectivity index (χ4v) is 3.30. The van der Waals surface area contributed by atoms with Crippen LogP contribution in [0, 0.1) is 0 Å². The van der Waals surface area contributed by atoms with Crippen molar-refractivity contribution in [1.82, 2.24) is 24.7 Å². The smallest absolute Gasteiger partial charge is 0.222 e. The van der Waals surface area contributed by atoms with Gasteiger partial charge in [-0.2, -0.15) is 4.98 Å². The number of nitrogens with one attached hydrogen (secondary N) is 1. The van der Waals surface area contributed by atoms with E-state index < -0.39 is 0 Å². The van der Waals surface area contributed by atoms with Crippen LogP contribution >= 0.6 is 0 Å². The van der Waals surface area contributed by atoms with Gasteiger partial charge in [0.2, 0.25) is 5.95 Å². The van der Waals surface area contributed by atoms with Crippen molar-refractivity contribution in [3.05, 3.63) is 48.0 Å². The van der Waals surface area contributed by atoms with E-state index in [1.165, 1.54) is 0 Å². The van der Waals surface area contributed by atoms with Crippen LogP contribution in [0.25, 0.3) is 5.65 Å². The van der Waals surface area contributed by atoms with E-state index >= 15 is 0 Å². The highest BCUT2D eigenvalue weighted by Crippen LogP contribution is 2.24. The van der Waals surface area contributed by atoms with Gasteiger partial charge in [0.15, 0.2) is 0 Å². The first kappa shape index (κ1) is 15.8. The molecule has 0 saturated carbocycles. The molecule has 0 aromatic carbocycles. The normalized spacial score (nSPS) is 18.2. The number of nitrogens with zero attached hydrogens (tertiary/aromatic N) is 5. The largest absolute Gasteiger partial charge is 0.368 e. The third-order valence-electron chi connectivity index (χ3n) is 4.64. The molecule has 3 aromatic rings. The molecule has 4 heterocycles. The van der Waals surface area contributed by atoms with Crippen molar-refractivity contribution in [3.8, 4) is 0 Å². The molecule has 1 aliphatic heterocycles. The Balaban J connectivity index is 1.63. The number of rotatable bonds is 3. The molecule has 0 spiro atoms. The van der Waals surface area contributed by atoms with Crippen LogP contribution in [0.15, 0.2) is 36.7 Å². The number of nitrogens with two attached hydrogens (primary N) is 1. The van der Waals surface area contributed by atoms with E-state index in [1.54, 1.807) is 0 Å². The first-order valence-corrected chi connectivity index (χ1v) is 8.66. The molecule has 0 bridgehead atoms. The monoisotopic (exact) mass is 337 g/mol. The van der Waals surface area contributed by atoms with Crippen molar-refractivity contribution in [3.63, 3.8) is 0 Å². The SMILES string of the molecule is CC(C)c1cc(N2CCNC(c3cnc4ccccn34)C2)nc(N)n1. The van der Waals surface area contributed by atoms with Gasteiger partial charge in [0, 0.05) is 31.9 Å². The first-order valence-electron chi connectivity index (χ1n) is 8.66. The van der Waals surface area contributed by atoms with E-state index in [0.717, 1.165) is 42.5 Å². The highest BCUT2D eigenvalue weighted by atomic mass is 15.3. The molecule has 1 aliphatic rings. The summed E-state index contributed by atoms with van der Waals surface area (Å²) >= 11 is 0. The molecule has 0 radical (unpaired) electrons. The molecular weight excluding hydrogens is 314 g/mol. The number of fused-ring (bicyclic) bond motifs is 1. The van der Waals surface area contributed by atoms with E-state index in [9.17, 15) is 0 Å². The van der Waals surface area contributed by atoms with Crippen LogP contribution in [0.2, 0.25) is 0 Å². The van der Waals surface area contributed by atoms with Crippen LogP contribution in [0.5, 0.6) is 0 Å². The van der Waals surface area contributed by atoms with Gasteiger partial charge < -0.3 is 20.4 Å². The molecule has 7 nitrogen and oxygen atoms in total. The van der Waals surface area contributed by atoms with Crippen molar-refractivity contribution in [2.75, 3.05) is 30.3 Å². The van der Waals surface area contributed by atoms with Crippen molar-refractivity contribution in [2.45, 2.75) is 25.8 Å². The van der Waals surface area contributed by atoms with Crippen LogP contribution in [0.3, 0.4) is 0 Å². The molecule has 0 aliphatic carbocycles. The van der Waals surface area contributed by atoms with E-state index in [4.69, 9.17) is 5.73 Å². The lowest BCUT2D eigenvalue weighted by molar-refractivity contribution is 0.459. The summed E-state index contributed by atoms with van der Waals surface area (Å²) in [6.45, 7) is 6.82. The van der Waals surface area contributed by atoms with Gasteiger partial charge >= 0.3 is 0 Å². The lowest BCUT2D eigenvalue weighted by Gasteiger charge is -2.34. The minimum Gasteiger partial charge on any atom is -0.368 e. The van der Waals surface area contributed by atoms with Crippen molar-refractivity contribution in [2.24, 2.45) is 0 Å². The van der Waals surface area contributed by atoms with Gasteiger partial charge in [-0.1, -0.05) is 19.9 Å². The molecule has 130 valence electrons. The van der Waals surface area contributed by atoms with E-state index in [0.29, 0.717) is 11.9 Å². The molecule has 4 rings (SSSR count). The molecule has 1 fully saturated rings. The topological polar surface area (TPSA) is 84.4 Å². The minimum absolute atomic E-state index is 0.185. The Labute approximate surface area is 146 Å². The maximum atomic E-state index is 5.93. The van der Waals surface area contributed by atoms with Crippen LogP contribution in [-0.2, 0) is 0 Å². The Morgan fingerprint density at radius 2 is 2.16 bits per heavy atom. The maximum absolute atomic E-state index is 5.93. The Morgan fingerprint density at radius 1 is 1.28 bits per heavy atom. The van der Waals surface area contributed by atoms with E-state index in [2.05, 4.69) is 55.7 Å². The maximum Gasteiger partial charge on any atom is 0.222 e.